The molecule has 0 saturated heterocycles. The standard InChI is InChI=1S/C16H21N3O3S/c1-19-8-7-17-16(19)23-10-12-5-6-14(22-12)15(21)18-9-11-3-2-4-13(11)20/h5-8,11,13,20H,2-4,9-10H2,1H3,(H,18,21). The first-order chi connectivity index (χ1) is 11.1. The van der Waals surface area contributed by atoms with Crippen LogP contribution in [0.15, 0.2) is 34.1 Å². The number of hydrogen-bond donors (Lipinski definition) is 2. The SMILES string of the molecule is Cn1ccnc1SCc1ccc(C(=O)NCC2CCCC2O)o1. The molecule has 2 atom stereocenters. The molecule has 1 amide bonds. The highest BCUT2D eigenvalue weighted by Crippen LogP contribution is 2.25. The summed E-state index contributed by atoms with van der Waals surface area (Å²) in [5.41, 5.74) is 0. The number of aliphatic hydroxyl groups is 1. The van der Waals surface area contributed by atoms with Gasteiger partial charge in [-0.1, -0.05) is 18.2 Å². The van der Waals surface area contributed by atoms with Gasteiger partial charge in [0.2, 0.25) is 0 Å². The second kappa shape index (κ2) is 7.23. The van der Waals surface area contributed by atoms with Gasteiger partial charge >= 0.3 is 0 Å². The second-order valence-corrected chi connectivity index (χ2v) is 6.79. The van der Waals surface area contributed by atoms with Gasteiger partial charge in [-0.3, -0.25) is 4.79 Å². The maximum Gasteiger partial charge on any atom is 0.287 e. The van der Waals surface area contributed by atoms with E-state index in [1.54, 1.807) is 24.0 Å². The number of imidazole rings is 1. The monoisotopic (exact) mass is 335 g/mol. The van der Waals surface area contributed by atoms with Gasteiger partial charge in [0.05, 0.1) is 11.9 Å². The lowest BCUT2D eigenvalue weighted by molar-refractivity contribution is 0.0889. The molecule has 124 valence electrons. The summed E-state index contributed by atoms with van der Waals surface area (Å²) in [6, 6.07) is 3.50. The van der Waals surface area contributed by atoms with Crippen molar-refractivity contribution in [1.29, 1.82) is 0 Å². The summed E-state index contributed by atoms with van der Waals surface area (Å²) in [4.78, 5) is 16.3. The van der Waals surface area contributed by atoms with E-state index in [-0.39, 0.29) is 17.9 Å². The van der Waals surface area contributed by atoms with Crippen LogP contribution in [0.5, 0.6) is 0 Å². The molecular weight excluding hydrogens is 314 g/mol. The number of rotatable bonds is 6. The largest absolute Gasteiger partial charge is 0.455 e. The molecule has 2 unspecified atom stereocenters. The normalized spacial score (nSPS) is 20.8. The maximum absolute atomic E-state index is 12.1. The number of thioether (sulfide) groups is 1. The van der Waals surface area contributed by atoms with Crippen LogP contribution in [0, 0.1) is 5.92 Å². The van der Waals surface area contributed by atoms with Crippen LogP contribution in [0.25, 0.3) is 0 Å². The highest BCUT2D eigenvalue weighted by atomic mass is 32.2. The van der Waals surface area contributed by atoms with Gasteiger partial charge in [-0.05, 0) is 25.0 Å². The Balaban J connectivity index is 1.50. The summed E-state index contributed by atoms with van der Waals surface area (Å²) in [6.07, 6.45) is 6.16. The van der Waals surface area contributed by atoms with Gasteiger partial charge in [0.15, 0.2) is 10.9 Å². The van der Waals surface area contributed by atoms with Crippen molar-refractivity contribution in [1.82, 2.24) is 14.9 Å². The van der Waals surface area contributed by atoms with Crippen molar-refractivity contribution >= 4 is 17.7 Å². The van der Waals surface area contributed by atoms with Crippen LogP contribution < -0.4 is 5.32 Å². The van der Waals surface area contributed by atoms with Crippen LogP contribution in [0.4, 0.5) is 0 Å². The minimum atomic E-state index is -0.295. The Morgan fingerprint density at radius 2 is 2.39 bits per heavy atom. The van der Waals surface area contributed by atoms with E-state index in [1.807, 2.05) is 23.9 Å². The summed E-state index contributed by atoms with van der Waals surface area (Å²) in [6.45, 7) is 0.498. The molecule has 1 aliphatic rings. The van der Waals surface area contributed by atoms with E-state index in [0.717, 1.165) is 30.2 Å². The average Bonchev–Trinajstić information content (AvgIpc) is 3.25. The molecule has 2 heterocycles. The van der Waals surface area contributed by atoms with Gasteiger partial charge < -0.3 is 19.4 Å². The van der Waals surface area contributed by atoms with E-state index < -0.39 is 0 Å². The fraction of sp³-hybridized carbons (Fsp3) is 0.500. The molecule has 3 rings (SSSR count). The van der Waals surface area contributed by atoms with Crippen molar-refractivity contribution < 1.29 is 14.3 Å². The van der Waals surface area contributed by atoms with E-state index in [2.05, 4.69) is 10.3 Å². The van der Waals surface area contributed by atoms with Crippen molar-refractivity contribution in [2.45, 2.75) is 36.3 Å². The molecule has 1 aliphatic carbocycles. The molecule has 7 heteroatoms. The molecule has 6 nitrogen and oxygen atoms in total. The zero-order valence-electron chi connectivity index (χ0n) is 13.1. The quantitative estimate of drug-likeness (QED) is 0.791. The number of nitrogens with one attached hydrogen (secondary N) is 1. The van der Waals surface area contributed by atoms with Gasteiger partial charge in [-0.15, -0.1) is 0 Å². The Hall–Kier alpha value is -1.73. The molecule has 0 spiro atoms. The summed E-state index contributed by atoms with van der Waals surface area (Å²) >= 11 is 1.56. The molecule has 1 fully saturated rings. The van der Waals surface area contributed by atoms with E-state index in [1.165, 1.54) is 0 Å². The number of amides is 1. The lowest BCUT2D eigenvalue weighted by Crippen LogP contribution is -2.32. The Labute approximate surface area is 139 Å². The minimum absolute atomic E-state index is 0.160. The number of furan rings is 1. The highest BCUT2D eigenvalue weighted by molar-refractivity contribution is 7.98. The van der Waals surface area contributed by atoms with Gasteiger partial charge in [0.1, 0.15) is 5.76 Å². The second-order valence-electron chi connectivity index (χ2n) is 5.84. The van der Waals surface area contributed by atoms with Crippen molar-refractivity contribution in [3.63, 3.8) is 0 Å². The Morgan fingerprint density at radius 3 is 3.09 bits per heavy atom. The van der Waals surface area contributed by atoms with E-state index >= 15 is 0 Å². The minimum Gasteiger partial charge on any atom is -0.455 e. The molecule has 0 bridgehead atoms. The zero-order chi connectivity index (χ0) is 16.2. The molecule has 2 aromatic rings. The number of carbonyl (C=O) groups is 1. The summed E-state index contributed by atoms with van der Waals surface area (Å²) in [7, 11) is 1.94. The molecule has 0 aromatic carbocycles. The van der Waals surface area contributed by atoms with Crippen molar-refractivity contribution in [2.24, 2.45) is 13.0 Å². The molecule has 0 aliphatic heterocycles. The lowest BCUT2D eigenvalue weighted by atomic mass is 10.1. The fourth-order valence-corrected chi connectivity index (χ4v) is 3.60. The predicted molar refractivity (Wildman–Crippen MR) is 87.2 cm³/mol. The van der Waals surface area contributed by atoms with Crippen molar-refractivity contribution in [3.8, 4) is 0 Å². The van der Waals surface area contributed by atoms with Gasteiger partial charge in [0, 0.05) is 31.9 Å². The molecule has 2 N–H and O–H groups in total. The number of hydrogen-bond acceptors (Lipinski definition) is 5. The van der Waals surface area contributed by atoms with Crippen molar-refractivity contribution in [2.75, 3.05) is 6.54 Å². The third kappa shape index (κ3) is 3.97. The first-order valence-corrected chi connectivity index (χ1v) is 8.77. The van der Waals surface area contributed by atoms with Crippen molar-refractivity contribution in [3.05, 3.63) is 36.0 Å². The molecule has 0 radical (unpaired) electrons. The molecular formula is C16H21N3O3S. The third-order valence-electron chi connectivity index (χ3n) is 4.15. The molecule has 1 saturated carbocycles. The van der Waals surface area contributed by atoms with Crippen LogP contribution in [-0.2, 0) is 12.8 Å². The maximum atomic E-state index is 12.1. The first-order valence-electron chi connectivity index (χ1n) is 7.78. The number of aliphatic hydroxyl groups excluding tert-OH is 1. The van der Waals surface area contributed by atoms with Crippen LogP contribution in [0.2, 0.25) is 0 Å². The number of nitrogens with zero attached hydrogens (tertiary/aromatic N) is 2. The van der Waals surface area contributed by atoms with Crippen LogP contribution in [-0.4, -0.2) is 33.2 Å². The number of aromatic nitrogens is 2. The predicted octanol–water partition coefficient (Wildman–Crippen LogP) is 2.20. The lowest BCUT2D eigenvalue weighted by Gasteiger charge is -2.14. The fourth-order valence-electron chi connectivity index (χ4n) is 2.77. The third-order valence-corrected chi connectivity index (χ3v) is 5.23. The van der Waals surface area contributed by atoms with Gasteiger partial charge in [-0.2, -0.15) is 0 Å². The Morgan fingerprint density at radius 1 is 1.52 bits per heavy atom. The highest BCUT2D eigenvalue weighted by Gasteiger charge is 2.25. The number of aryl methyl sites for hydroxylation is 1. The van der Waals surface area contributed by atoms with E-state index in [9.17, 15) is 9.90 Å². The number of carbonyl (C=O) groups excluding carboxylic acids is 1. The summed E-state index contributed by atoms with van der Waals surface area (Å²) in [5.74, 6) is 1.61. The first kappa shape index (κ1) is 16.1. The van der Waals surface area contributed by atoms with Crippen LogP contribution >= 0.6 is 11.8 Å². The smallest absolute Gasteiger partial charge is 0.287 e. The Bertz CT molecular complexity index is 667. The molecule has 23 heavy (non-hydrogen) atoms. The summed E-state index contributed by atoms with van der Waals surface area (Å²) in [5, 5.41) is 13.5. The Kier molecular flexibility index (Phi) is 5.07. The van der Waals surface area contributed by atoms with Gasteiger partial charge in [-0.25, -0.2) is 4.98 Å². The van der Waals surface area contributed by atoms with Crippen LogP contribution in [0.3, 0.4) is 0 Å². The van der Waals surface area contributed by atoms with Gasteiger partial charge in [0.25, 0.3) is 5.91 Å². The average molecular weight is 335 g/mol. The van der Waals surface area contributed by atoms with Crippen LogP contribution in [0.1, 0.15) is 35.6 Å². The summed E-state index contributed by atoms with van der Waals surface area (Å²) < 4.78 is 7.53. The zero-order valence-corrected chi connectivity index (χ0v) is 13.9. The molecule has 2 aromatic heterocycles. The van der Waals surface area contributed by atoms with E-state index in [4.69, 9.17) is 4.42 Å². The van der Waals surface area contributed by atoms with E-state index in [0.29, 0.717) is 18.1 Å². The topological polar surface area (TPSA) is 80.3 Å².